The van der Waals surface area contributed by atoms with Crippen molar-refractivity contribution in [3.63, 3.8) is 0 Å². The van der Waals surface area contributed by atoms with Gasteiger partial charge in [0, 0.05) is 11.4 Å². The van der Waals surface area contributed by atoms with Gasteiger partial charge in [-0.05, 0) is 271 Å². The lowest BCUT2D eigenvalue weighted by molar-refractivity contribution is 0.392. The van der Waals surface area contributed by atoms with Gasteiger partial charge in [0.2, 0.25) is 41.6 Å². The van der Waals surface area contributed by atoms with Gasteiger partial charge in [0.1, 0.15) is 0 Å². The van der Waals surface area contributed by atoms with Crippen molar-refractivity contribution in [1.82, 2.24) is 0 Å². The fourth-order valence-electron chi connectivity index (χ4n) is 13.9. The Kier molecular flexibility index (Phi) is 35.8. The normalized spacial score (nSPS) is 12.5. The van der Waals surface area contributed by atoms with Crippen molar-refractivity contribution >= 4 is 128 Å². The number of hydrogen-bond donors (Lipinski definition) is 8. The maximum atomic E-state index is 7.94. The molecule has 16 N–H and O–H groups in total. The van der Waals surface area contributed by atoms with Crippen LogP contribution in [0, 0.1) is 13.8 Å². The molecule has 0 saturated carbocycles. The minimum Gasteiger partial charge on any atom is -0.455 e. The monoisotopic (exact) mass is 1530 g/mol. The molecule has 8 rings (SSSR count). The van der Waals surface area contributed by atoms with Crippen LogP contribution in [0.4, 0.5) is 11.4 Å². The van der Waals surface area contributed by atoms with Crippen LogP contribution in [0.1, 0.15) is 49.7 Å². The molecule has 0 aromatic heterocycles. The Morgan fingerprint density at radius 2 is 0.471 bits per heavy atom. The molecule has 0 heterocycles. The van der Waals surface area contributed by atoms with E-state index in [4.69, 9.17) is 66.4 Å². The zero-order valence-corrected chi connectivity index (χ0v) is 73.7. The predicted molar refractivity (Wildman–Crippen MR) is 465 cm³/mol. The van der Waals surface area contributed by atoms with Gasteiger partial charge in [-0.15, -0.1) is 0 Å². The topological polar surface area (TPSA) is 254 Å². The van der Waals surface area contributed by atoms with Crippen molar-refractivity contribution in [3.05, 3.63) is 230 Å². The first-order valence-electron chi connectivity index (χ1n) is 37.1. The molecular formula is C80H130N8O5Si9. The van der Waals surface area contributed by atoms with Crippen LogP contribution in [0.15, 0.2) is 218 Å². The van der Waals surface area contributed by atoms with Crippen LogP contribution in [0.2, 0.25) is 115 Å². The number of aryl methyl sites for hydroxylation is 2. The van der Waals surface area contributed by atoms with Crippen LogP contribution in [-0.2, 0) is 20.6 Å². The van der Waals surface area contributed by atoms with Gasteiger partial charge in [-0.2, -0.15) is 0 Å². The predicted octanol–water partition coefficient (Wildman–Crippen LogP) is 11.7. The molecule has 0 saturated heterocycles. The molecule has 8 aromatic rings. The molecule has 0 amide bonds. The lowest BCUT2D eigenvalue weighted by Crippen LogP contribution is -2.73. The number of hydrogen-bond acceptors (Lipinski definition) is 13. The maximum Gasteiger partial charge on any atom is 0.311 e. The Morgan fingerprint density at radius 3 is 0.706 bits per heavy atom. The Labute approximate surface area is 625 Å². The van der Waals surface area contributed by atoms with Crippen LogP contribution in [-0.4, -0.2) is 114 Å². The number of anilines is 2. The molecule has 0 atom stereocenters. The molecule has 556 valence electrons. The summed E-state index contributed by atoms with van der Waals surface area (Å²) >= 11 is 0. The molecule has 0 aliphatic heterocycles. The van der Waals surface area contributed by atoms with Crippen molar-refractivity contribution in [2.45, 2.75) is 167 Å². The number of benzene rings is 8. The van der Waals surface area contributed by atoms with E-state index in [-0.39, 0.29) is 0 Å². The van der Waals surface area contributed by atoms with Crippen LogP contribution >= 0.6 is 0 Å². The standard InChI is InChI=1S/C30H36N2OSi2.C22H38N2O2Si3.C18H28N2OSi2.C10H28N2OSi2/c31-23-13-25-34(27-15-5-1-6-16-27,28-17-7-2-8-18-28)33-35(26-14-24-32,29-19-9-3-10-20-29)30-21-11-4-12-22-30;1-27(2,19-11-17-23)25-28(3,4)26-29(20-12-18-24,21-13-7-5-8-14-21)22-15-9-6-10-16-22;1-13-11-15(7-9-17(13)19)22(3,4)21-23(5,6)16-8-10-18(20)14(2)12-16;1-14(2,9-5-7-11)13-15(3,4)10-6-8-12/h1-12,15-22H,13-14,23-26,31-32H2;5-10,13-16H,11-12,17-20,23-24H2,1-4H3;7-12H,19-20H2,1-6H3;5-12H2,1-4H3. The van der Waals surface area contributed by atoms with Crippen molar-refractivity contribution in [3.8, 4) is 0 Å². The van der Waals surface area contributed by atoms with Crippen molar-refractivity contribution in [1.29, 1.82) is 0 Å². The van der Waals surface area contributed by atoms with E-state index in [0.29, 0.717) is 26.2 Å². The van der Waals surface area contributed by atoms with E-state index < -0.39 is 75.1 Å². The summed E-state index contributed by atoms with van der Waals surface area (Å²) in [6.45, 7) is 35.6. The Morgan fingerprint density at radius 1 is 0.245 bits per heavy atom. The lowest BCUT2D eigenvalue weighted by atomic mass is 10.2. The largest absolute Gasteiger partial charge is 0.455 e. The summed E-state index contributed by atoms with van der Waals surface area (Å²) in [5.74, 6) is 0. The third-order valence-corrected chi connectivity index (χ3v) is 56.5. The van der Waals surface area contributed by atoms with Gasteiger partial charge in [-0.3, -0.25) is 0 Å². The average molecular weight is 1540 g/mol. The number of nitrogens with two attached hydrogens (primary N) is 8. The van der Waals surface area contributed by atoms with Crippen LogP contribution < -0.4 is 87.4 Å². The number of rotatable bonds is 36. The summed E-state index contributed by atoms with van der Waals surface area (Å²) in [5.41, 5.74) is 50.8. The van der Waals surface area contributed by atoms with E-state index >= 15 is 0 Å². The summed E-state index contributed by atoms with van der Waals surface area (Å²) in [6, 6.07) is 83.8. The molecule has 102 heavy (non-hydrogen) atoms. The van der Waals surface area contributed by atoms with Crippen molar-refractivity contribution in [2.75, 3.05) is 50.7 Å². The first-order valence-corrected chi connectivity index (χ1v) is 61.5. The Bertz CT molecular complexity index is 3360. The molecule has 0 spiro atoms. The second kappa shape index (κ2) is 41.7. The molecule has 8 aromatic carbocycles. The Balaban J connectivity index is 0.000000255. The fourth-order valence-corrected chi connectivity index (χ4v) is 57.3. The maximum absolute atomic E-state index is 7.94. The minimum atomic E-state index is -2.68. The van der Waals surface area contributed by atoms with Gasteiger partial charge in [0.25, 0.3) is 0 Å². The molecule has 0 bridgehead atoms. The van der Waals surface area contributed by atoms with Crippen LogP contribution in [0.5, 0.6) is 0 Å². The van der Waals surface area contributed by atoms with Crippen molar-refractivity contribution < 1.29 is 20.6 Å². The van der Waals surface area contributed by atoms with Gasteiger partial charge in [-0.1, -0.05) is 206 Å². The van der Waals surface area contributed by atoms with Gasteiger partial charge >= 0.3 is 8.56 Å². The third kappa shape index (κ3) is 26.7. The summed E-state index contributed by atoms with van der Waals surface area (Å²) < 4.78 is 35.1. The molecule has 0 radical (unpaired) electrons. The first-order chi connectivity index (χ1) is 48.3. The second-order valence-corrected chi connectivity index (χ2v) is 66.4. The van der Waals surface area contributed by atoms with E-state index in [2.05, 4.69) is 299 Å². The second-order valence-electron chi connectivity index (χ2n) is 30.4. The molecule has 0 unspecified atom stereocenters. The zero-order valence-electron chi connectivity index (χ0n) is 64.7. The molecule has 0 fully saturated rings. The van der Waals surface area contributed by atoms with Gasteiger partial charge in [0.15, 0.2) is 25.0 Å². The highest BCUT2D eigenvalue weighted by molar-refractivity contribution is 7.09. The quantitative estimate of drug-likeness (QED) is 0.0134. The SMILES string of the molecule is C[Si](C)(CCCN)O[Si](C)(C)CCCN.C[Si](C)(CCCN)O[Si](C)(C)O[Si](CCCN)(c1ccccc1)c1ccccc1.Cc1cc([Si](C)(C)O[Si](C)(C)c2ccc(N)c(C)c2)ccc1N.NCCC[Si](O[Si](CCCN)(c1ccccc1)c1ccccc1)(c1ccccc1)c1ccccc1. The van der Waals surface area contributed by atoms with Crippen molar-refractivity contribution in [2.24, 2.45) is 34.4 Å². The van der Waals surface area contributed by atoms with Gasteiger partial charge < -0.3 is 66.4 Å². The molecule has 0 aliphatic rings. The summed E-state index contributed by atoms with van der Waals surface area (Å²) in [6.07, 6.45) is 5.98. The summed E-state index contributed by atoms with van der Waals surface area (Å²) in [7, 11) is -19.0. The summed E-state index contributed by atoms with van der Waals surface area (Å²) in [5, 5.41) is 10.4. The highest BCUT2D eigenvalue weighted by atomic mass is 28.5. The van der Waals surface area contributed by atoms with Gasteiger partial charge in [-0.25, -0.2) is 0 Å². The van der Waals surface area contributed by atoms with E-state index in [1.54, 1.807) is 0 Å². The highest BCUT2D eigenvalue weighted by Gasteiger charge is 2.51. The Hall–Kier alpha value is -5.13. The van der Waals surface area contributed by atoms with Crippen LogP contribution in [0.3, 0.4) is 0 Å². The van der Waals surface area contributed by atoms with Crippen LogP contribution in [0.25, 0.3) is 0 Å². The molecular weight excluding hydrogens is 1410 g/mol. The number of nitrogen functional groups attached to an aromatic ring is 2. The van der Waals surface area contributed by atoms with E-state index in [1.165, 1.54) is 53.6 Å². The summed E-state index contributed by atoms with van der Waals surface area (Å²) in [4.78, 5) is 0. The smallest absolute Gasteiger partial charge is 0.311 e. The van der Waals surface area contributed by atoms with E-state index in [9.17, 15) is 0 Å². The zero-order chi connectivity index (χ0) is 75.1. The van der Waals surface area contributed by atoms with Gasteiger partial charge in [0.05, 0.1) is 0 Å². The molecule has 22 heteroatoms. The third-order valence-electron chi connectivity index (χ3n) is 18.9. The van der Waals surface area contributed by atoms with E-state index in [1.807, 2.05) is 12.1 Å². The lowest BCUT2D eigenvalue weighted by Gasteiger charge is -2.43. The fraction of sp³-hybridized carbons (Fsp3) is 0.400. The first kappa shape index (κ1) is 87.5. The molecule has 0 aliphatic carbocycles. The van der Waals surface area contributed by atoms with E-state index in [0.717, 1.165) is 98.3 Å². The highest BCUT2D eigenvalue weighted by Crippen LogP contribution is 2.30. The molecule has 13 nitrogen and oxygen atoms in total. The minimum absolute atomic E-state index is 0.645. The average Bonchev–Trinajstić information content (AvgIpc) is 0.750.